The Kier molecular flexibility index (Phi) is 3.52. The van der Waals surface area contributed by atoms with Crippen LogP contribution in [0.2, 0.25) is 0 Å². The third-order valence-electron chi connectivity index (χ3n) is 2.71. The lowest BCUT2D eigenvalue weighted by atomic mass is 10.2. The van der Waals surface area contributed by atoms with Gasteiger partial charge in [0, 0.05) is 20.8 Å². The van der Waals surface area contributed by atoms with E-state index >= 15 is 0 Å². The predicted molar refractivity (Wildman–Crippen MR) is 54.7 cm³/mol. The van der Waals surface area contributed by atoms with E-state index in [0.717, 1.165) is 6.54 Å². The number of aromatic nitrogens is 2. The zero-order valence-electron chi connectivity index (χ0n) is 9.28. The van der Waals surface area contributed by atoms with Crippen molar-refractivity contribution in [3.05, 3.63) is 17.2 Å². The predicted octanol–water partition coefficient (Wildman–Crippen LogP) is 2.42. The van der Waals surface area contributed by atoms with Crippen molar-refractivity contribution in [3.8, 4) is 0 Å². The Bertz CT molecular complexity index is 274. The number of aryl methyl sites for hydroxylation is 2. The summed E-state index contributed by atoms with van der Waals surface area (Å²) in [5, 5.41) is 0. The Morgan fingerprint density at radius 2 is 1.85 bits per heavy atom. The minimum absolute atomic E-state index is 1.16. The molecular weight excluding hydrogens is 160 g/mol. The van der Waals surface area contributed by atoms with Gasteiger partial charge in [-0.2, -0.15) is 0 Å². The average Bonchev–Trinajstić information content (AvgIpc) is 2.32. The second kappa shape index (κ2) is 4.45. The van der Waals surface area contributed by atoms with Gasteiger partial charge in [0.05, 0.1) is 6.54 Å². The van der Waals surface area contributed by atoms with Crippen LogP contribution in [0.3, 0.4) is 0 Å². The monoisotopic (exact) mass is 181 g/mol. The molecule has 1 N–H and O–H groups in total. The average molecular weight is 181 g/mol. The summed E-state index contributed by atoms with van der Waals surface area (Å²) in [5.74, 6) is 1.28. The minimum atomic E-state index is 1.16. The summed E-state index contributed by atoms with van der Waals surface area (Å²) >= 11 is 0. The number of rotatable bonds is 4. The summed E-state index contributed by atoms with van der Waals surface area (Å²) in [4.78, 5) is 3.37. The van der Waals surface area contributed by atoms with Crippen molar-refractivity contribution in [3.63, 3.8) is 0 Å². The van der Waals surface area contributed by atoms with Crippen LogP contribution in [-0.2, 0) is 6.54 Å². The van der Waals surface area contributed by atoms with Gasteiger partial charge in [-0.1, -0.05) is 13.3 Å². The lowest BCUT2D eigenvalue weighted by Gasteiger charge is -1.99. The third kappa shape index (κ3) is 2.33. The van der Waals surface area contributed by atoms with Crippen LogP contribution in [0.15, 0.2) is 0 Å². The Labute approximate surface area is 81.0 Å². The fraction of sp³-hybridized carbons (Fsp3) is 0.727. The maximum atomic E-state index is 3.37. The normalized spacial score (nSPS) is 10.8. The molecule has 0 aliphatic rings. The van der Waals surface area contributed by atoms with Crippen molar-refractivity contribution >= 4 is 0 Å². The summed E-state index contributed by atoms with van der Waals surface area (Å²) in [6.45, 7) is 9.87. The highest BCUT2D eigenvalue weighted by Crippen LogP contribution is 2.02. The van der Waals surface area contributed by atoms with Gasteiger partial charge in [0.1, 0.15) is 11.4 Å². The highest BCUT2D eigenvalue weighted by Gasteiger charge is 2.13. The lowest BCUT2D eigenvalue weighted by molar-refractivity contribution is -0.707. The summed E-state index contributed by atoms with van der Waals surface area (Å²) in [6, 6.07) is 0. The molecule has 13 heavy (non-hydrogen) atoms. The molecule has 0 fully saturated rings. The highest BCUT2D eigenvalue weighted by atomic mass is 15.1. The molecule has 2 heteroatoms. The van der Waals surface area contributed by atoms with E-state index in [2.05, 4.69) is 37.2 Å². The number of imidazole rings is 1. The highest BCUT2D eigenvalue weighted by molar-refractivity contribution is 5.02. The summed E-state index contributed by atoms with van der Waals surface area (Å²) in [7, 11) is 0. The molecule has 2 nitrogen and oxygen atoms in total. The van der Waals surface area contributed by atoms with Crippen molar-refractivity contribution in [1.82, 2.24) is 4.98 Å². The van der Waals surface area contributed by atoms with E-state index in [1.807, 2.05) is 0 Å². The van der Waals surface area contributed by atoms with Crippen molar-refractivity contribution in [1.29, 1.82) is 0 Å². The van der Waals surface area contributed by atoms with E-state index < -0.39 is 0 Å². The smallest absolute Gasteiger partial charge is 0.245 e. The fourth-order valence-electron chi connectivity index (χ4n) is 1.74. The zero-order valence-corrected chi connectivity index (χ0v) is 9.28. The Hall–Kier alpha value is -0.790. The van der Waals surface area contributed by atoms with Crippen LogP contribution in [0.1, 0.15) is 43.4 Å². The van der Waals surface area contributed by atoms with E-state index in [4.69, 9.17) is 0 Å². The van der Waals surface area contributed by atoms with Crippen LogP contribution in [0.4, 0.5) is 0 Å². The summed E-state index contributed by atoms with van der Waals surface area (Å²) < 4.78 is 2.38. The Morgan fingerprint density at radius 1 is 1.15 bits per heavy atom. The van der Waals surface area contributed by atoms with Gasteiger partial charge in [-0.15, -0.1) is 0 Å². The molecule has 0 bridgehead atoms. The van der Waals surface area contributed by atoms with Crippen molar-refractivity contribution in [2.75, 3.05) is 0 Å². The quantitative estimate of drug-likeness (QED) is 0.543. The van der Waals surface area contributed by atoms with Gasteiger partial charge in [-0.3, -0.25) is 0 Å². The number of nitrogens with one attached hydrogen (secondary N) is 1. The third-order valence-corrected chi connectivity index (χ3v) is 2.71. The molecule has 0 aliphatic heterocycles. The van der Waals surface area contributed by atoms with E-state index in [1.165, 1.54) is 36.5 Å². The number of unbranched alkanes of at least 4 members (excludes halogenated alkanes) is 2. The number of hydrogen-bond donors (Lipinski definition) is 1. The molecule has 1 rings (SSSR count). The van der Waals surface area contributed by atoms with E-state index in [9.17, 15) is 0 Å². The molecule has 1 heterocycles. The van der Waals surface area contributed by atoms with E-state index in [1.54, 1.807) is 0 Å². The summed E-state index contributed by atoms with van der Waals surface area (Å²) in [6.07, 6.45) is 3.91. The van der Waals surface area contributed by atoms with Crippen molar-refractivity contribution in [2.45, 2.75) is 53.5 Å². The minimum Gasteiger partial charge on any atom is -0.245 e. The SMILES string of the molecule is CCCCC[n+]1c(C)[nH]c(C)c1C. The van der Waals surface area contributed by atoms with Gasteiger partial charge < -0.3 is 0 Å². The van der Waals surface area contributed by atoms with Crippen LogP contribution in [0.5, 0.6) is 0 Å². The van der Waals surface area contributed by atoms with Gasteiger partial charge in [0.2, 0.25) is 0 Å². The maximum Gasteiger partial charge on any atom is 0.251 e. The molecule has 1 aromatic rings. The van der Waals surface area contributed by atoms with Gasteiger partial charge >= 0.3 is 0 Å². The molecule has 0 aromatic carbocycles. The first-order valence-corrected chi connectivity index (χ1v) is 5.22. The Balaban J connectivity index is 2.64. The number of aromatic amines is 1. The largest absolute Gasteiger partial charge is 0.251 e. The maximum absolute atomic E-state index is 3.37. The number of H-pyrrole nitrogens is 1. The second-order valence-corrected chi connectivity index (χ2v) is 3.78. The van der Waals surface area contributed by atoms with Crippen LogP contribution in [0, 0.1) is 20.8 Å². The number of hydrogen-bond acceptors (Lipinski definition) is 0. The first kappa shape index (κ1) is 10.3. The van der Waals surface area contributed by atoms with Crippen LogP contribution >= 0.6 is 0 Å². The first-order chi connectivity index (χ1) is 6.16. The molecule has 0 radical (unpaired) electrons. The summed E-state index contributed by atoms with van der Waals surface area (Å²) in [5.41, 5.74) is 2.68. The van der Waals surface area contributed by atoms with Crippen LogP contribution < -0.4 is 4.57 Å². The zero-order chi connectivity index (χ0) is 9.84. The molecular formula is C11H21N2+. The fourth-order valence-corrected chi connectivity index (χ4v) is 1.74. The van der Waals surface area contributed by atoms with Crippen LogP contribution in [-0.4, -0.2) is 4.98 Å². The van der Waals surface area contributed by atoms with Crippen molar-refractivity contribution in [2.24, 2.45) is 0 Å². The second-order valence-electron chi connectivity index (χ2n) is 3.78. The Morgan fingerprint density at radius 3 is 2.31 bits per heavy atom. The van der Waals surface area contributed by atoms with Crippen LogP contribution in [0.25, 0.3) is 0 Å². The molecule has 1 aromatic heterocycles. The molecule has 0 amide bonds. The lowest BCUT2D eigenvalue weighted by Crippen LogP contribution is -2.37. The van der Waals surface area contributed by atoms with Crippen molar-refractivity contribution < 1.29 is 4.57 Å². The number of nitrogens with zero attached hydrogens (tertiary/aromatic N) is 1. The van der Waals surface area contributed by atoms with E-state index in [-0.39, 0.29) is 0 Å². The van der Waals surface area contributed by atoms with Gasteiger partial charge in [0.25, 0.3) is 5.82 Å². The van der Waals surface area contributed by atoms with Gasteiger partial charge in [-0.05, 0) is 12.8 Å². The molecule has 0 aliphatic carbocycles. The van der Waals surface area contributed by atoms with Gasteiger partial charge in [0.15, 0.2) is 0 Å². The molecule has 0 atom stereocenters. The molecule has 0 spiro atoms. The standard InChI is InChI=1S/C11H20N2/c1-5-6-7-8-13-10(3)9(2)12-11(13)4/h5-8H2,1-4H3/p+1. The first-order valence-electron chi connectivity index (χ1n) is 5.22. The van der Waals surface area contributed by atoms with E-state index in [0.29, 0.717) is 0 Å². The molecule has 0 saturated heterocycles. The van der Waals surface area contributed by atoms with Gasteiger partial charge in [-0.25, -0.2) is 9.55 Å². The molecule has 74 valence electrons. The molecule has 0 unspecified atom stereocenters. The topological polar surface area (TPSA) is 19.7 Å². The molecule has 0 saturated carbocycles.